The Morgan fingerprint density at radius 1 is 1.27 bits per heavy atom. The summed E-state index contributed by atoms with van der Waals surface area (Å²) >= 11 is 1.57. The maximum atomic E-state index is 13.1. The lowest BCUT2D eigenvalue weighted by Gasteiger charge is -2.32. The number of benzene rings is 2. The normalized spacial score (nSPS) is 15.9. The van der Waals surface area contributed by atoms with Crippen molar-refractivity contribution in [2.45, 2.75) is 20.0 Å². The van der Waals surface area contributed by atoms with E-state index >= 15 is 0 Å². The summed E-state index contributed by atoms with van der Waals surface area (Å²) in [4.78, 5) is 35.3. The molecule has 0 saturated carbocycles. The zero-order valence-electron chi connectivity index (χ0n) is 16.5. The van der Waals surface area contributed by atoms with Gasteiger partial charge in [-0.15, -0.1) is 11.3 Å². The number of para-hydroxylation sites is 1. The third-order valence-corrected chi connectivity index (χ3v) is 6.05. The number of nitrogens with one attached hydrogen (secondary N) is 1. The van der Waals surface area contributed by atoms with Crippen molar-refractivity contribution in [3.63, 3.8) is 0 Å². The average molecular weight is 417 g/mol. The first kappa shape index (κ1) is 18.6. The Kier molecular flexibility index (Phi) is 4.40. The minimum absolute atomic E-state index is 0.0546. The maximum absolute atomic E-state index is 13.1. The number of rotatable bonds is 4. The fourth-order valence-electron chi connectivity index (χ4n) is 3.76. The van der Waals surface area contributed by atoms with Crippen LogP contribution in [0.15, 0.2) is 54.0 Å². The zero-order valence-corrected chi connectivity index (χ0v) is 17.3. The summed E-state index contributed by atoms with van der Waals surface area (Å²) in [6.07, 6.45) is 1.05. The molecule has 1 atom stereocenters. The molecule has 1 aliphatic heterocycles. The number of ketones is 1. The lowest BCUT2D eigenvalue weighted by atomic mass is 10.1. The Hall–Kier alpha value is -3.45. The molecule has 5 rings (SSSR count). The van der Waals surface area contributed by atoms with Crippen molar-refractivity contribution < 1.29 is 14.3 Å². The Morgan fingerprint density at radius 2 is 2.10 bits per heavy atom. The number of aromatic nitrogens is 2. The molecule has 1 N–H and O–H groups in total. The van der Waals surface area contributed by atoms with Crippen LogP contribution in [0.1, 0.15) is 22.3 Å². The van der Waals surface area contributed by atoms with Gasteiger partial charge in [0.15, 0.2) is 11.9 Å². The van der Waals surface area contributed by atoms with Gasteiger partial charge in [-0.05, 0) is 38.1 Å². The van der Waals surface area contributed by atoms with Crippen molar-refractivity contribution in [3.05, 3.63) is 64.6 Å². The van der Waals surface area contributed by atoms with Crippen LogP contribution in [0.5, 0.6) is 5.75 Å². The predicted molar refractivity (Wildman–Crippen MR) is 117 cm³/mol. The minimum Gasteiger partial charge on any atom is -0.479 e. The van der Waals surface area contributed by atoms with Gasteiger partial charge in [-0.1, -0.05) is 18.2 Å². The van der Waals surface area contributed by atoms with Crippen LogP contribution in [-0.2, 0) is 4.79 Å². The maximum Gasteiger partial charge on any atom is 0.268 e. The van der Waals surface area contributed by atoms with E-state index in [0.29, 0.717) is 17.0 Å². The molecule has 4 aromatic rings. The highest BCUT2D eigenvalue weighted by molar-refractivity contribution is 7.09. The second-order valence-corrected chi connectivity index (χ2v) is 8.35. The quantitative estimate of drug-likeness (QED) is 0.493. The molecule has 2 aromatic heterocycles. The van der Waals surface area contributed by atoms with Crippen LogP contribution in [0.25, 0.3) is 22.2 Å². The number of carbonyl (C=O) groups is 2. The van der Waals surface area contributed by atoms with Crippen LogP contribution in [-0.4, -0.2) is 34.3 Å². The summed E-state index contributed by atoms with van der Waals surface area (Å²) in [7, 11) is 0. The Balaban J connectivity index is 1.53. The van der Waals surface area contributed by atoms with Crippen molar-refractivity contribution >= 4 is 39.6 Å². The molecule has 0 radical (unpaired) electrons. The third-order valence-electron chi connectivity index (χ3n) is 5.27. The highest BCUT2D eigenvalue weighted by atomic mass is 32.1. The number of nitrogens with zero attached hydrogens (tertiary/aromatic N) is 2. The van der Waals surface area contributed by atoms with E-state index in [1.54, 1.807) is 24.5 Å². The molecule has 150 valence electrons. The van der Waals surface area contributed by atoms with E-state index in [4.69, 9.17) is 4.74 Å². The molecule has 2 aromatic carbocycles. The van der Waals surface area contributed by atoms with Crippen LogP contribution in [0.2, 0.25) is 0 Å². The Bertz CT molecular complexity index is 1290. The zero-order chi connectivity index (χ0) is 20.8. The van der Waals surface area contributed by atoms with Crippen LogP contribution < -0.4 is 9.64 Å². The van der Waals surface area contributed by atoms with E-state index in [2.05, 4.69) is 9.97 Å². The third kappa shape index (κ3) is 3.07. The molecule has 1 aliphatic rings. The largest absolute Gasteiger partial charge is 0.479 e. The molecule has 0 saturated heterocycles. The van der Waals surface area contributed by atoms with Crippen LogP contribution in [0.4, 0.5) is 5.69 Å². The highest BCUT2D eigenvalue weighted by Crippen LogP contribution is 2.38. The molecule has 7 heteroatoms. The number of hydrogen-bond acceptors (Lipinski definition) is 5. The fraction of sp³-hybridized carbons (Fsp3) is 0.174. The number of anilines is 1. The van der Waals surface area contributed by atoms with E-state index in [1.165, 1.54) is 4.90 Å². The summed E-state index contributed by atoms with van der Waals surface area (Å²) < 4.78 is 5.79. The van der Waals surface area contributed by atoms with Gasteiger partial charge >= 0.3 is 0 Å². The van der Waals surface area contributed by atoms with Crippen LogP contribution in [0, 0.1) is 6.92 Å². The van der Waals surface area contributed by atoms with Gasteiger partial charge in [0.05, 0.1) is 22.9 Å². The van der Waals surface area contributed by atoms with E-state index in [9.17, 15) is 9.59 Å². The molecular weight excluding hydrogens is 398 g/mol. The van der Waals surface area contributed by atoms with Crippen molar-refractivity contribution in [2.75, 3.05) is 11.4 Å². The smallest absolute Gasteiger partial charge is 0.268 e. The molecule has 0 fully saturated rings. The van der Waals surface area contributed by atoms with Gasteiger partial charge < -0.3 is 9.72 Å². The van der Waals surface area contributed by atoms with Gasteiger partial charge in [0.2, 0.25) is 0 Å². The number of aromatic amines is 1. The number of aryl methyl sites for hydroxylation is 1. The monoisotopic (exact) mass is 417 g/mol. The molecule has 6 nitrogen and oxygen atoms in total. The summed E-state index contributed by atoms with van der Waals surface area (Å²) in [5.74, 6) is 0.225. The van der Waals surface area contributed by atoms with Crippen molar-refractivity contribution in [1.29, 1.82) is 0 Å². The number of hydrogen-bond donors (Lipinski definition) is 1. The van der Waals surface area contributed by atoms with Crippen molar-refractivity contribution in [1.82, 2.24) is 9.97 Å². The molecule has 3 heterocycles. The SMILES string of the molecule is Cc1nc(-c2ccc3c(c2)N(CC(=O)c2c[nH]c4ccccc24)C(=O)C(C)O3)cs1. The number of carbonyl (C=O) groups excluding carboxylic acids is 2. The van der Waals surface area contributed by atoms with E-state index < -0.39 is 6.10 Å². The molecule has 1 amide bonds. The first-order valence-electron chi connectivity index (χ1n) is 9.65. The predicted octanol–water partition coefficient (Wildman–Crippen LogP) is 4.60. The number of H-pyrrole nitrogens is 1. The molecule has 0 aliphatic carbocycles. The minimum atomic E-state index is -0.652. The summed E-state index contributed by atoms with van der Waals surface area (Å²) in [6, 6.07) is 13.3. The topological polar surface area (TPSA) is 75.3 Å². The van der Waals surface area contributed by atoms with Crippen molar-refractivity contribution in [2.24, 2.45) is 0 Å². The first-order valence-corrected chi connectivity index (χ1v) is 10.5. The van der Waals surface area contributed by atoms with Gasteiger partial charge in [-0.25, -0.2) is 4.98 Å². The van der Waals surface area contributed by atoms with Gasteiger partial charge in [-0.2, -0.15) is 0 Å². The van der Waals surface area contributed by atoms with E-state index in [-0.39, 0.29) is 18.2 Å². The first-order chi connectivity index (χ1) is 14.5. The molecule has 0 bridgehead atoms. The number of fused-ring (bicyclic) bond motifs is 2. The molecule has 30 heavy (non-hydrogen) atoms. The van der Waals surface area contributed by atoms with Crippen molar-refractivity contribution in [3.8, 4) is 17.0 Å². The summed E-state index contributed by atoms with van der Waals surface area (Å²) in [6.45, 7) is 3.60. The summed E-state index contributed by atoms with van der Waals surface area (Å²) in [5, 5.41) is 3.80. The standard InChI is InChI=1S/C23H19N3O3S/c1-13-23(28)26(11-21(27)17-10-24-18-6-4-3-5-16(17)18)20-9-15(7-8-22(20)29-13)19-12-30-14(2)25-19/h3-10,12-13,24H,11H2,1-2H3. The molecular formula is C23H19N3O3S. The molecule has 1 unspecified atom stereocenters. The Morgan fingerprint density at radius 3 is 2.90 bits per heavy atom. The van der Waals surface area contributed by atoms with Crippen LogP contribution >= 0.6 is 11.3 Å². The Labute approximate surface area is 177 Å². The van der Waals surface area contributed by atoms with Gasteiger partial charge in [0.25, 0.3) is 5.91 Å². The van der Waals surface area contributed by atoms with E-state index in [1.807, 2.05) is 54.8 Å². The lowest BCUT2D eigenvalue weighted by Crippen LogP contribution is -2.46. The average Bonchev–Trinajstić information content (AvgIpc) is 3.37. The number of Topliss-reactive ketones (excluding diaryl/α,β-unsaturated/α-hetero) is 1. The van der Waals surface area contributed by atoms with Gasteiger partial charge in [0, 0.05) is 33.6 Å². The van der Waals surface area contributed by atoms with Gasteiger partial charge in [0.1, 0.15) is 5.75 Å². The number of amides is 1. The number of ether oxygens (including phenoxy) is 1. The lowest BCUT2D eigenvalue weighted by molar-refractivity contribution is -0.125. The number of thiazole rings is 1. The highest BCUT2D eigenvalue weighted by Gasteiger charge is 2.33. The van der Waals surface area contributed by atoms with E-state index in [0.717, 1.165) is 27.2 Å². The fourth-order valence-corrected chi connectivity index (χ4v) is 4.38. The second kappa shape index (κ2) is 7.11. The summed E-state index contributed by atoms with van der Waals surface area (Å²) in [5.41, 5.74) is 3.78. The van der Waals surface area contributed by atoms with Crippen LogP contribution in [0.3, 0.4) is 0 Å². The van der Waals surface area contributed by atoms with Gasteiger partial charge in [-0.3, -0.25) is 14.5 Å². The molecule has 0 spiro atoms. The second-order valence-electron chi connectivity index (χ2n) is 7.29.